The van der Waals surface area contributed by atoms with Crippen LogP contribution in [0.3, 0.4) is 0 Å². The van der Waals surface area contributed by atoms with Gasteiger partial charge in [-0.15, -0.1) is 21.5 Å². The molecule has 0 fully saturated rings. The lowest BCUT2D eigenvalue weighted by atomic mass is 10.1. The smallest absolute Gasteiger partial charge is 0.341 e. The Morgan fingerprint density at radius 3 is 2.50 bits per heavy atom. The van der Waals surface area contributed by atoms with Crippen molar-refractivity contribution in [3.63, 3.8) is 0 Å². The molecule has 0 aliphatic rings. The number of thioether (sulfide) groups is 1. The van der Waals surface area contributed by atoms with Crippen LogP contribution >= 0.6 is 23.1 Å². The van der Waals surface area contributed by atoms with Crippen molar-refractivity contribution in [1.29, 1.82) is 0 Å². The number of anilines is 1. The number of aryl methyl sites for hydroxylation is 1. The summed E-state index contributed by atoms with van der Waals surface area (Å²) in [5.74, 6) is 1.33. The summed E-state index contributed by atoms with van der Waals surface area (Å²) in [6.07, 6.45) is 0. The zero-order valence-electron chi connectivity index (χ0n) is 20.1. The number of benzene rings is 1. The van der Waals surface area contributed by atoms with Crippen LogP contribution < -0.4 is 14.8 Å². The van der Waals surface area contributed by atoms with E-state index >= 15 is 0 Å². The van der Waals surface area contributed by atoms with Gasteiger partial charge in [0.15, 0.2) is 22.5 Å². The number of carbonyl (C=O) groups excluding carboxylic acids is 2. The summed E-state index contributed by atoms with van der Waals surface area (Å²) in [5, 5.41) is 12.6. The third-order valence-electron chi connectivity index (χ3n) is 5.12. The Balaban J connectivity index is 1.75. The number of amides is 1. The third-order valence-corrected chi connectivity index (χ3v) is 7.21. The highest BCUT2D eigenvalue weighted by Gasteiger charge is 2.23. The molecule has 0 saturated carbocycles. The first-order chi connectivity index (χ1) is 16.3. The van der Waals surface area contributed by atoms with Gasteiger partial charge in [0, 0.05) is 17.0 Å². The summed E-state index contributed by atoms with van der Waals surface area (Å²) in [7, 11) is 3.16. The maximum Gasteiger partial charge on any atom is 0.341 e. The molecule has 1 aromatic carbocycles. The number of hydrogen-bond donors (Lipinski definition) is 1. The van der Waals surface area contributed by atoms with Gasteiger partial charge in [-0.3, -0.25) is 4.79 Å². The number of hydrogen-bond acceptors (Lipinski definition) is 9. The highest BCUT2D eigenvalue weighted by Crippen LogP contribution is 2.34. The molecular weight excluding hydrogens is 476 g/mol. The van der Waals surface area contributed by atoms with Gasteiger partial charge in [0.1, 0.15) is 5.00 Å². The summed E-state index contributed by atoms with van der Waals surface area (Å²) in [5.41, 5.74) is 2.05. The molecule has 3 rings (SSSR count). The molecule has 2 heterocycles. The lowest BCUT2D eigenvalue weighted by Gasteiger charge is -2.11. The van der Waals surface area contributed by atoms with Gasteiger partial charge in [-0.25, -0.2) is 4.79 Å². The van der Waals surface area contributed by atoms with Gasteiger partial charge >= 0.3 is 5.97 Å². The van der Waals surface area contributed by atoms with E-state index in [0.29, 0.717) is 39.6 Å². The maximum absolute atomic E-state index is 12.7. The monoisotopic (exact) mass is 504 g/mol. The fraction of sp³-hybridized carbons (Fsp3) is 0.391. The largest absolute Gasteiger partial charge is 0.493 e. The number of ether oxygens (including phenoxy) is 3. The lowest BCUT2D eigenvalue weighted by Crippen LogP contribution is -2.17. The molecule has 1 amide bonds. The fourth-order valence-electron chi connectivity index (χ4n) is 3.33. The third kappa shape index (κ3) is 5.36. The molecule has 0 unspecified atom stereocenters. The van der Waals surface area contributed by atoms with Gasteiger partial charge < -0.3 is 24.1 Å². The van der Waals surface area contributed by atoms with E-state index in [4.69, 9.17) is 14.2 Å². The summed E-state index contributed by atoms with van der Waals surface area (Å²) in [6, 6.07) is 5.54. The van der Waals surface area contributed by atoms with E-state index in [2.05, 4.69) is 15.5 Å². The van der Waals surface area contributed by atoms with Crippen molar-refractivity contribution in [3.8, 4) is 22.9 Å². The van der Waals surface area contributed by atoms with Gasteiger partial charge in [-0.1, -0.05) is 11.8 Å². The number of esters is 1. The lowest BCUT2D eigenvalue weighted by molar-refractivity contribution is -0.113. The average Bonchev–Trinajstić information content (AvgIpc) is 3.37. The van der Waals surface area contributed by atoms with Crippen molar-refractivity contribution in [1.82, 2.24) is 14.8 Å². The zero-order valence-corrected chi connectivity index (χ0v) is 21.7. The minimum absolute atomic E-state index is 0.113. The Hall–Kier alpha value is -3.05. The normalized spacial score (nSPS) is 10.8. The van der Waals surface area contributed by atoms with Crippen LogP contribution in [0.2, 0.25) is 0 Å². The second kappa shape index (κ2) is 11.4. The Bertz CT molecular complexity index is 1190. The first-order valence-corrected chi connectivity index (χ1v) is 12.5. The number of rotatable bonds is 10. The molecule has 1 N–H and O–H groups in total. The molecule has 0 radical (unpaired) electrons. The summed E-state index contributed by atoms with van der Waals surface area (Å²) in [4.78, 5) is 26.0. The molecule has 0 spiro atoms. The number of thiophene rings is 1. The number of nitrogens with zero attached hydrogens (tertiary/aromatic N) is 3. The Morgan fingerprint density at radius 2 is 1.85 bits per heavy atom. The summed E-state index contributed by atoms with van der Waals surface area (Å²) >= 11 is 2.64. The topological polar surface area (TPSA) is 105 Å². The standard InChI is InChI=1S/C23H28N4O5S2/c1-7-27-20(15-9-10-16(30-5)17(11-15)31-6)25-26-23(27)33-12-18(28)24-21-19(22(29)32-8-2)13(3)14(4)34-21/h9-11H,7-8,12H2,1-6H3,(H,24,28). The van der Waals surface area contributed by atoms with Crippen molar-refractivity contribution in [2.24, 2.45) is 0 Å². The number of carbonyl (C=O) groups is 2. The molecule has 9 nitrogen and oxygen atoms in total. The first-order valence-electron chi connectivity index (χ1n) is 10.7. The maximum atomic E-state index is 12.7. The minimum Gasteiger partial charge on any atom is -0.493 e. The van der Waals surface area contributed by atoms with E-state index in [-0.39, 0.29) is 18.3 Å². The van der Waals surface area contributed by atoms with Crippen molar-refractivity contribution < 1.29 is 23.8 Å². The molecule has 0 saturated heterocycles. The van der Waals surface area contributed by atoms with Gasteiger partial charge in [0.05, 0.1) is 32.1 Å². The molecule has 182 valence electrons. The van der Waals surface area contributed by atoms with Crippen LogP contribution in [0.1, 0.15) is 34.6 Å². The van der Waals surface area contributed by atoms with Crippen molar-refractivity contribution in [2.75, 3.05) is 31.9 Å². The highest BCUT2D eigenvalue weighted by molar-refractivity contribution is 7.99. The van der Waals surface area contributed by atoms with E-state index in [9.17, 15) is 9.59 Å². The van der Waals surface area contributed by atoms with E-state index < -0.39 is 5.97 Å². The SMILES string of the molecule is CCOC(=O)c1c(NC(=O)CSc2nnc(-c3ccc(OC)c(OC)c3)n2CC)sc(C)c1C. The predicted octanol–water partition coefficient (Wildman–Crippen LogP) is 4.57. The zero-order chi connectivity index (χ0) is 24.8. The summed E-state index contributed by atoms with van der Waals surface area (Å²) in [6.45, 7) is 8.39. The van der Waals surface area contributed by atoms with Crippen molar-refractivity contribution >= 4 is 40.0 Å². The van der Waals surface area contributed by atoms with Crippen molar-refractivity contribution in [2.45, 2.75) is 39.4 Å². The van der Waals surface area contributed by atoms with Gasteiger partial charge in [0.2, 0.25) is 5.91 Å². The van der Waals surface area contributed by atoms with Gasteiger partial charge in [-0.05, 0) is 51.5 Å². The molecule has 0 aliphatic carbocycles. The first kappa shape index (κ1) is 25.6. The Labute approximate surface area is 206 Å². The quantitative estimate of drug-likeness (QED) is 0.316. The molecule has 0 bridgehead atoms. The van der Waals surface area contributed by atoms with Crippen LogP contribution in [0.4, 0.5) is 5.00 Å². The second-order valence-electron chi connectivity index (χ2n) is 7.16. The molecule has 0 atom stereocenters. The molecule has 3 aromatic rings. The van der Waals surface area contributed by atoms with Crippen molar-refractivity contribution in [3.05, 3.63) is 34.2 Å². The van der Waals surface area contributed by atoms with Crippen LogP contribution in [0.15, 0.2) is 23.4 Å². The summed E-state index contributed by atoms with van der Waals surface area (Å²) < 4.78 is 17.8. The van der Waals surface area contributed by atoms with Gasteiger partial charge in [-0.2, -0.15) is 0 Å². The van der Waals surface area contributed by atoms with Crippen LogP contribution in [-0.4, -0.2) is 53.2 Å². The molecule has 0 aliphatic heterocycles. The highest BCUT2D eigenvalue weighted by atomic mass is 32.2. The average molecular weight is 505 g/mol. The van der Waals surface area contributed by atoms with E-state index in [0.717, 1.165) is 16.0 Å². The van der Waals surface area contributed by atoms with Gasteiger partial charge in [0.25, 0.3) is 0 Å². The van der Waals surface area contributed by atoms with Crippen LogP contribution in [0.25, 0.3) is 11.4 Å². The molecular formula is C23H28N4O5S2. The fourth-order valence-corrected chi connectivity index (χ4v) is 5.19. The molecule has 34 heavy (non-hydrogen) atoms. The Morgan fingerprint density at radius 1 is 1.12 bits per heavy atom. The number of nitrogens with one attached hydrogen (secondary N) is 1. The Kier molecular flexibility index (Phi) is 8.56. The van der Waals surface area contributed by atoms with Crippen LogP contribution in [0, 0.1) is 13.8 Å². The molecule has 2 aromatic heterocycles. The van der Waals surface area contributed by atoms with E-state index in [1.807, 2.05) is 43.5 Å². The van der Waals surface area contributed by atoms with Crippen LogP contribution in [-0.2, 0) is 16.1 Å². The van der Waals surface area contributed by atoms with E-state index in [1.165, 1.54) is 23.1 Å². The van der Waals surface area contributed by atoms with Crippen LogP contribution in [0.5, 0.6) is 11.5 Å². The molecule has 11 heteroatoms. The minimum atomic E-state index is -0.433. The predicted molar refractivity (Wildman–Crippen MR) is 133 cm³/mol. The number of aromatic nitrogens is 3. The second-order valence-corrected chi connectivity index (χ2v) is 9.33. The van der Waals surface area contributed by atoms with E-state index in [1.54, 1.807) is 21.1 Å². The number of methoxy groups -OCH3 is 2.